The zero-order valence-corrected chi connectivity index (χ0v) is 17.8. The van der Waals surface area contributed by atoms with Gasteiger partial charge in [0, 0.05) is 23.7 Å². The largest absolute Gasteiger partial charge is 0.494 e. The molecule has 156 valence electrons. The first-order chi connectivity index (χ1) is 13.9. The van der Waals surface area contributed by atoms with Crippen molar-refractivity contribution in [3.63, 3.8) is 0 Å². The minimum atomic E-state index is -3.60. The summed E-state index contributed by atoms with van der Waals surface area (Å²) < 4.78 is 37.8. The number of hydrogen-bond donors (Lipinski definition) is 0. The van der Waals surface area contributed by atoms with Crippen LogP contribution >= 0.6 is 11.6 Å². The van der Waals surface area contributed by atoms with Gasteiger partial charge in [0.15, 0.2) is 0 Å². The number of benzene rings is 2. The molecule has 0 aliphatic carbocycles. The number of rotatable bonds is 7. The van der Waals surface area contributed by atoms with Crippen LogP contribution in [0.2, 0.25) is 5.02 Å². The van der Waals surface area contributed by atoms with Gasteiger partial charge in [-0.05, 0) is 50.1 Å². The van der Waals surface area contributed by atoms with Crippen molar-refractivity contribution in [3.05, 3.63) is 59.1 Å². The Hall–Kier alpha value is -2.09. The van der Waals surface area contributed by atoms with E-state index in [2.05, 4.69) is 0 Å². The smallest absolute Gasteiger partial charge is 0.309 e. The second kappa shape index (κ2) is 9.61. The number of nitrogens with zero attached hydrogens (tertiary/aromatic N) is 1. The van der Waals surface area contributed by atoms with E-state index in [1.54, 1.807) is 30.3 Å². The number of carbonyl (C=O) groups is 1. The Morgan fingerprint density at radius 1 is 1.10 bits per heavy atom. The molecule has 2 aromatic carbocycles. The van der Waals surface area contributed by atoms with Crippen molar-refractivity contribution >= 4 is 27.6 Å². The van der Waals surface area contributed by atoms with Crippen molar-refractivity contribution in [2.45, 2.75) is 31.3 Å². The highest BCUT2D eigenvalue weighted by atomic mass is 35.5. The average Bonchev–Trinajstić information content (AvgIpc) is 2.74. The molecule has 0 aromatic heterocycles. The van der Waals surface area contributed by atoms with Crippen LogP contribution < -0.4 is 4.74 Å². The van der Waals surface area contributed by atoms with Crippen molar-refractivity contribution in [1.82, 2.24) is 4.31 Å². The van der Waals surface area contributed by atoms with Crippen LogP contribution in [0.1, 0.15) is 25.3 Å². The van der Waals surface area contributed by atoms with E-state index < -0.39 is 10.0 Å². The monoisotopic (exact) mass is 437 g/mol. The molecule has 29 heavy (non-hydrogen) atoms. The Balaban J connectivity index is 1.55. The molecular weight excluding hydrogens is 414 g/mol. The summed E-state index contributed by atoms with van der Waals surface area (Å²) in [5.74, 6) is -0.00118. The molecule has 0 bridgehead atoms. The number of esters is 1. The second-order valence-corrected chi connectivity index (χ2v) is 9.13. The molecule has 1 heterocycles. The minimum absolute atomic E-state index is 0.114. The maximum Gasteiger partial charge on any atom is 0.309 e. The quantitative estimate of drug-likeness (QED) is 0.614. The van der Waals surface area contributed by atoms with Crippen LogP contribution in [-0.2, 0) is 26.2 Å². The van der Waals surface area contributed by atoms with Gasteiger partial charge in [-0.15, -0.1) is 0 Å². The molecule has 1 aliphatic heterocycles. The van der Waals surface area contributed by atoms with Gasteiger partial charge in [0.25, 0.3) is 0 Å². The van der Waals surface area contributed by atoms with Crippen molar-refractivity contribution in [1.29, 1.82) is 0 Å². The molecule has 1 aliphatic rings. The number of sulfonamides is 1. The Morgan fingerprint density at radius 3 is 2.38 bits per heavy atom. The van der Waals surface area contributed by atoms with Gasteiger partial charge in [-0.3, -0.25) is 4.79 Å². The number of piperidine rings is 1. The topological polar surface area (TPSA) is 72.9 Å². The van der Waals surface area contributed by atoms with E-state index in [-0.39, 0.29) is 36.5 Å². The normalized spacial score (nSPS) is 15.8. The molecule has 0 unspecified atom stereocenters. The summed E-state index contributed by atoms with van der Waals surface area (Å²) in [6.07, 6.45) is 0.856. The zero-order chi connectivity index (χ0) is 20.9. The molecular formula is C21H24ClNO5S. The summed E-state index contributed by atoms with van der Waals surface area (Å²) in [6, 6.07) is 13.6. The van der Waals surface area contributed by atoms with Crippen LogP contribution in [0.3, 0.4) is 0 Å². The predicted molar refractivity (Wildman–Crippen MR) is 110 cm³/mol. The molecule has 8 heteroatoms. The van der Waals surface area contributed by atoms with Crippen LogP contribution in [-0.4, -0.2) is 38.4 Å². The molecule has 0 atom stereocenters. The molecule has 0 radical (unpaired) electrons. The third-order valence-electron chi connectivity index (χ3n) is 4.89. The van der Waals surface area contributed by atoms with E-state index in [0.29, 0.717) is 30.2 Å². The second-order valence-electron chi connectivity index (χ2n) is 6.78. The fraction of sp³-hybridized carbons (Fsp3) is 0.381. The fourth-order valence-electron chi connectivity index (χ4n) is 3.24. The van der Waals surface area contributed by atoms with Crippen LogP contribution in [0, 0.1) is 5.92 Å². The molecule has 0 N–H and O–H groups in total. The van der Waals surface area contributed by atoms with Gasteiger partial charge in [-0.2, -0.15) is 4.31 Å². The fourth-order valence-corrected chi connectivity index (χ4v) is 4.90. The summed E-state index contributed by atoms with van der Waals surface area (Å²) in [4.78, 5) is 12.6. The van der Waals surface area contributed by atoms with Crippen LogP contribution in [0.5, 0.6) is 5.75 Å². The van der Waals surface area contributed by atoms with Gasteiger partial charge in [0.05, 0.1) is 17.4 Å². The lowest BCUT2D eigenvalue weighted by Crippen LogP contribution is -2.40. The van der Waals surface area contributed by atoms with Gasteiger partial charge < -0.3 is 9.47 Å². The Labute approximate surface area is 176 Å². The molecule has 0 saturated carbocycles. The lowest BCUT2D eigenvalue weighted by molar-refractivity contribution is -0.151. The maximum absolute atomic E-state index is 12.8. The lowest BCUT2D eigenvalue weighted by atomic mass is 9.98. The Bertz CT molecular complexity index is 938. The SMILES string of the molecule is CCOc1ccc(S(=O)(=O)N2CCC(C(=O)OCc3ccccc3Cl)CC2)cc1. The Kier molecular flexibility index (Phi) is 7.16. The van der Waals surface area contributed by atoms with E-state index in [0.717, 1.165) is 5.56 Å². The minimum Gasteiger partial charge on any atom is -0.494 e. The van der Waals surface area contributed by atoms with Gasteiger partial charge >= 0.3 is 5.97 Å². The van der Waals surface area contributed by atoms with Crippen molar-refractivity contribution < 1.29 is 22.7 Å². The molecule has 3 rings (SSSR count). The number of carbonyl (C=O) groups excluding carboxylic acids is 1. The molecule has 1 saturated heterocycles. The highest BCUT2D eigenvalue weighted by molar-refractivity contribution is 7.89. The van der Waals surface area contributed by atoms with E-state index >= 15 is 0 Å². The predicted octanol–water partition coefficient (Wildman–Crippen LogP) is 3.88. The van der Waals surface area contributed by atoms with E-state index in [1.165, 1.54) is 4.31 Å². The van der Waals surface area contributed by atoms with Gasteiger partial charge in [-0.25, -0.2) is 8.42 Å². The van der Waals surface area contributed by atoms with Crippen molar-refractivity contribution in [2.24, 2.45) is 5.92 Å². The van der Waals surface area contributed by atoms with E-state index in [9.17, 15) is 13.2 Å². The van der Waals surface area contributed by atoms with Crippen molar-refractivity contribution in [3.8, 4) is 5.75 Å². The maximum atomic E-state index is 12.8. The van der Waals surface area contributed by atoms with Gasteiger partial charge in [0.1, 0.15) is 12.4 Å². The van der Waals surface area contributed by atoms with Gasteiger partial charge in [-0.1, -0.05) is 29.8 Å². The first kappa shape index (κ1) is 21.6. The van der Waals surface area contributed by atoms with Crippen LogP contribution in [0.4, 0.5) is 0 Å². The van der Waals surface area contributed by atoms with Crippen LogP contribution in [0.15, 0.2) is 53.4 Å². The average molecular weight is 438 g/mol. The third kappa shape index (κ3) is 5.29. The zero-order valence-electron chi connectivity index (χ0n) is 16.2. The summed E-state index contributed by atoms with van der Waals surface area (Å²) in [5.41, 5.74) is 0.748. The first-order valence-electron chi connectivity index (χ1n) is 9.55. The molecule has 6 nitrogen and oxygen atoms in total. The molecule has 1 fully saturated rings. The van der Waals surface area contributed by atoms with E-state index in [1.807, 2.05) is 25.1 Å². The number of halogens is 1. The molecule has 0 spiro atoms. The summed E-state index contributed by atoms with van der Waals surface area (Å²) in [6.45, 7) is 3.06. The van der Waals surface area contributed by atoms with Crippen molar-refractivity contribution in [2.75, 3.05) is 19.7 Å². The third-order valence-corrected chi connectivity index (χ3v) is 7.17. The standard InChI is InChI=1S/C21H24ClNO5S/c1-2-27-18-7-9-19(10-8-18)29(25,26)23-13-11-16(12-14-23)21(24)28-15-17-5-3-4-6-20(17)22/h3-10,16H,2,11-15H2,1H3. The van der Waals surface area contributed by atoms with Gasteiger partial charge in [0.2, 0.25) is 10.0 Å². The number of hydrogen-bond acceptors (Lipinski definition) is 5. The molecule has 0 amide bonds. The summed E-state index contributed by atoms with van der Waals surface area (Å²) in [5, 5.41) is 0.552. The van der Waals surface area contributed by atoms with Crippen LogP contribution in [0.25, 0.3) is 0 Å². The summed E-state index contributed by atoms with van der Waals surface area (Å²) >= 11 is 6.08. The summed E-state index contributed by atoms with van der Waals surface area (Å²) in [7, 11) is -3.60. The highest BCUT2D eigenvalue weighted by Gasteiger charge is 2.32. The first-order valence-corrected chi connectivity index (χ1v) is 11.4. The lowest BCUT2D eigenvalue weighted by Gasteiger charge is -2.30. The van der Waals surface area contributed by atoms with E-state index in [4.69, 9.17) is 21.1 Å². The molecule has 2 aromatic rings. The highest BCUT2D eigenvalue weighted by Crippen LogP contribution is 2.26. The Morgan fingerprint density at radius 2 is 1.76 bits per heavy atom. The number of ether oxygens (including phenoxy) is 2.